The molecule has 19 heavy (non-hydrogen) atoms. The minimum absolute atomic E-state index is 0.753. The molecular formula is C14H15N5. The standard InChI is InChI=1S/C14H15N5/c1-18-10-12(9-16-18)11-19-8-7-15-14(19)17-13-5-3-2-4-6-13/h2-10H,11H2,1H3,(H,15,17). The smallest absolute Gasteiger partial charge is 0.207 e. The normalized spacial score (nSPS) is 10.6. The van der Waals surface area contributed by atoms with Gasteiger partial charge in [0.05, 0.1) is 12.7 Å². The Labute approximate surface area is 111 Å². The zero-order valence-electron chi connectivity index (χ0n) is 10.7. The van der Waals surface area contributed by atoms with Crippen molar-refractivity contribution in [2.45, 2.75) is 6.54 Å². The quantitative estimate of drug-likeness (QED) is 0.776. The second-order valence-corrected chi connectivity index (χ2v) is 4.39. The number of benzene rings is 1. The molecule has 3 rings (SSSR count). The molecular weight excluding hydrogens is 238 g/mol. The fraction of sp³-hybridized carbons (Fsp3) is 0.143. The van der Waals surface area contributed by atoms with E-state index in [1.165, 1.54) is 0 Å². The minimum atomic E-state index is 0.753. The summed E-state index contributed by atoms with van der Waals surface area (Å²) in [6.07, 6.45) is 7.62. The van der Waals surface area contributed by atoms with Gasteiger partial charge in [0.2, 0.25) is 5.95 Å². The Morgan fingerprint density at radius 3 is 2.79 bits per heavy atom. The number of hydrogen-bond acceptors (Lipinski definition) is 3. The maximum absolute atomic E-state index is 4.34. The van der Waals surface area contributed by atoms with E-state index in [0.717, 1.165) is 23.7 Å². The van der Waals surface area contributed by atoms with Gasteiger partial charge in [-0.05, 0) is 12.1 Å². The second-order valence-electron chi connectivity index (χ2n) is 4.39. The molecule has 0 unspecified atom stereocenters. The third kappa shape index (κ3) is 2.65. The maximum Gasteiger partial charge on any atom is 0.207 e. The highest BCUT2D eigenvalue weighted by molar-refractivity contribution is 5.53. The lowest BCUT2D eigenvalue weighted by Gasteiger charge is -2.08. The summed E-state index contributed by atoms with van der Waals surface area (Å²) in [7, 11) is 1.92. The molecule has 0 saturated carbocycles. The van der Waals surface area contributed by atoms with Gasteiger partial charge in [0.15, 0.2) is 0 Å². The monoisotopic (exact) mass is 253 g/mol. The van der Waals surface area contributed by atoms with Crippen molar-refractivity contribution < 1.29 is 0 Å². The van der Waals surface area contributed by atoms with Gasteiger partial charge in [0.25, 0.3) is 0 Å². The average Bonchev–Trinajstić information content (AvgIpc) is 3.01. The Bertz CT molecular complexity index is 653. The summed E-state index contributed by atoms with van der Waals surface area (Å²) >= 11 is 0. The molecule has 0 saturated heterocycles. The van der Waals surface area contributed by atoms with Crippen LogP contribution in [0, 0.1) is 0 Å². The van der Waals surface area contributed by atoms with E-state index in [2.05, 4.69) is 20.0 Å². The van der Waals surface area contributed by atoms with Crippen LogP contribution in [0.2, 0.25) is 0 Å². The predicted molar refractivity (Wildman–Crippen MR) is 74.3 cm³/mol. The molecule has 0 radical (unpaired) electrons. The minimum Gasteiger partial charge on any atom is -0.326 e. The molecule has 1 aromatic carbocycles. The predicted octanol–water partition coefficient (Wildman–Crippen LogP) is 2.41. The van der Waals surface area contributed by atoms with Crippen LogP contribution in [0.3, 0.4) is 0 Å². The van der Waals surface area contributed by atoms with Gasteiger partial charge in [-0.15, -0.1) is 0 Å². The first-order valence-corrected chi connectivity index (χ1v) is 6.12. The number of aryl methyl sites for hydroxylation is 1. The Hall–Kier alpha value is -2.56. The highest BCUT2D eigenvalue weighted by atomic mass is 15.2. The third-order valence-electron chi connectivity index (χ3n) is 2.86. The van der Waals surface area contributed by atoms with Gasteiger partial charge in [0.1, 0.15) is 0 Å². The van der Waals surface area contributed by atoms with Gasteiger partial charge in [-0.2, -0.15) is 5.10 Å². The summed E-state index contributed by atoms with van der Waals surface area (Å²) in [5.41, 5.74) is 2.18. The fourth-order valence-electron chi connectivity index (χ4n) is 1.96. The van der Waals surface area contributed by atoms with Crippen LogP contribution in [0.25, 0.3) is 0 Å². The lowest BCUT2D eigenvalue weighted by Crippen LogP contribution is -2.03. The van der Waals surface area contributed by atoms with Crippen LogP contribution >= 0.6 is 0 Å². The van der Waals surface area contributed by atoms with E-state index in [1.54, 1.807) is 10.9 Å². The molecule has 0 amide bonds. The fourth-order valence-corrected chi connectivity index (χ4v) is 1.96. The molecule has 0 fully saturated rings. The molecule has 2 heterocycles. The molecule has 0 aliphatic carbocycles. The summed E-state index contributed by atoms with van der Waals surface area (Å²) in [6, 6.07) is 10.0. The molecule has 96 valence electrons. The van der Waals surface area contributed by atoms with Crippen molar-refractivity contribution >= 4 is 11.6 Å². The van der Waals surface area contributed by atoms with Crippen LogP contribution in [-0.4, -0.2) is 19.3 Å². The van der Waals surface area contributed by atoms with Crippen LogP contribution < -0.4 is 5.32 Å². The molecule has 0 atom stereocenters. The summed E-state index contributed by atoms with van der Waals surface area (Å²) in [5, 5.41) is 7.48. The van der Waals surface area contributed by atoms with Crippen LogP contribution in [0.4, 0.5) is 11.6 Å². The van der Waals surface area contributed by atoms with Gasteiger partial charge in [-0.3, -0.25) is 4.68 Å². The van der Waals surface area contributed by atoms with Crippen molar-refractivity contribution in [2.75, 3.05) is 5.32 Å². The van der Waals surface area contributed by atoms with Gasteiger partial charge in [0, 0.05) is 36.9 Å². The number of aromatic nitrogens is 4. The number of anilines is 2. The Kier molecular flexibility index (Phi) is 3.02. The lowest BCUT2D eigenvalue weighted by atomic mass is 10.3. The van der Waals surface area contributed by atoms with Crippen LogP contribution in [0.15, 0.2) is 55.1 Å². The molecule has 0 aliphatic heterocycles. The largest absolute Gasteiger partial charge is 0.326 e. The molecule has 2 aromatic heterocycles. The van der Waals surface area contributed by atoms with Gasteiger partial charge >= 0.3 is 0 Å². The Morgan fingerprint density at radius 2 is 2.05 bits per heavy atom. The summed E-state index contributed by atoms with van der Waals surface area (Å²) in [6.45, 7) is 0.753. The molecule has 5 nitrogen and oxygen atoms in total. The average molecular weight is 253 g/mol. The van der Waals surface area contributed by atoms with Crippen molar-refractivity contribution in [2.24, 2.45) is 7.05 Å². The number of hydrogen-bond donors (Lipinski definition) is 1. The molecule has 0 bridgehead atoms. The van der Waals surface area contributed by atoms with Crippen LogP contribution in [0.1, 0.15) is 5.56 Å². The first-order valence-electron chi connectivity index (χ1n) is 6.12. The van der Waals surface area contributed by atoms with E-state index in [9.17, 15) is 0 Å². The Morgan fingerprint density at radius 1 is 1.21 bits per heavy atom. The number of nitrogens with zero attached hydrogens (tertiary/aromatic N) is 4. The SMILES string of the molecule is Cn1cc(Cn2ccnc2Nc2ccccc2)cn1. The van der Waals surface area contributed by atoms with Crippen molar-refractivity contribution in [3.8, 4) is 0 Å². The van der Waals surface area contributed by atoms with Crippen LogP contribution in [0.5, 0.6) is 0 Å². The topological polar surface area (TPSA) is 47.7 Å². The second kappa shape index (κ2) is 4.97. The van der Waals surface area contributed by atoms with Crippen molar-refractivity contribution in [1.29, 1.82) is 0 Å². The van der Waals surface area contributed by atoms with Gasteiger partial charge in [-0.1, -0.05) is 18.2 Å². The maximum atomic E-state index is 4.34. The third-order valence-corrected chi connectivity index (χ3v) is 2.86. The molecule has 3 aromatic rings. The van der Waals surface area contributed by atoms with E-state index >= 15 is 0 Å². The van der Waals surface area contributed by atoms with E-state index < -0.39 is 0 Å². The molecule has 1 N–H and O–H groups in total. The number of imidazole rings is 1. The summed E-state index contributed by atoms with van der Waals surface area (Å²) in [5.74, 6) is 0.829. The zero-order valence-corrected chi connectivity index (χ0v) is 10.7. The lowest BCUT2D eigenvalue weighted by molar-refractivity contribution is 0.763. The summed E-state index contributed by atoms with van der Waals surface area (Å²) in [4.78, 5) is 4.34. The van der Waals surface area contributed by atoms with Crippen LogP contribution in [-0.2, 0) is 13.6 Å². The molecule has 5 heteroatoms. The number of nitrogens with one attached hydrogen (secondary N) is 1. The van der Waals surface area contributed by atoms with E-state index in [0.29, 0.717) is 0 Å². The summed E-state index contributed by atoms with van der Waals surface area (Å²) < 4.78 is 3.86. The number of rotatable bonds is 4. The first-order chi connectivity index (χ1) is 9.31. The van der Waals surface area contributed by atoms with E-state index in [-0.39, 0.29) is 0 Å². The van der Waals surface area contributed by atoms with Crippen molar-refractivity contribution in [3.05, 3.63) is 60.7 Å². The Balaban J connectivity index is 1.79. The number of para-hydroxylation sites is 1. The highest BCUT2D eigenvalue weighted by Gasteiger charge is 2.04. The van der Waals surface area contributed by atoms with E-state index in [4.69, 9.17) is 0 Å². The zero-order chi connectivity index (χ0) is 13.1. The molecule has 0 spiro atoms. The highest BCUT2D eigenvalue weighted by Crippen LogP contribution is 2.15. The van der Waals surface area contributed by atoms with Gasteiger partial charge < -0.3 is 9.88 Å². The van der Waals surface area contributed by atoms with E-state index in [1.807, 2.05) is 56.0 Å². The van der Waals surface area contributed by atoms with Crippen molar-refractivity contribution in [3.63, 3.8) is 0 Å². The van der Waals surface area contributed by atoms with Gasteiger partial charge in [-0.25, -0.2) is 4.98 Å². The first kappa shape index (κ1) is 11.5. The molecule has 0 aliphatic rings. The van der Waals surface area contributed by atoms with Crippen molar-refractivity contribution in [1.82, 2.24) is 19.3 Å².